The number of ketones is 1. The highest BCUT2D eigenvalue weighted by atomic mass is 19.3. The maximum Gasteiger partial charge on any atom is 0.586 e. The highest BCUT2D eigenvalue weighted by Crippen LogP contribution is 2.43. The number of nitrogens with one attached hydrogen (secondary N) is 1. The number of alkyl halides is 3. The summed E-state index contributed by atoms with van der Waals surface area (Å²) < 4.78 is 67.6. The molecule has 1 saturated heterocycles. The minimum absolute atomic E-state index is 0.0352. The van der Waals surface area contributed by atoms with Crippen LogP contribution < -0.4 is 14.8 Å². The predicted octanol–water partition coefficient (Wildman–Crippen LogP) is 5.71. The summed E-state index contributed by atoms with van der Waals surface area (Å²) in [6.45, 7) is 2.33. The second-order valence-electron chi connectivity index (χ2n) is 11.7. The van der Waals surface area contributed by atoms with Crippen LogP contribution in [0.2, 0.25) is 0 Å². The molecule has 0 radical (unpaired) electrons. The van der Waals surface area contributed by atoms with E-state index in [2.05, 4.69) is 29.9 Å². The summed E-state index contributed by atoms with van der Waals surface area (Å²) in [4.78, 5) is 49.0. The van der Waals surface area contributed by atoms with Crippen molar-refractivity contribution in [3.8, 4) is 33.8 Å². The summed E-state index contributed by atoms with van der Waals surface area (Å²) in [6, 6.07) is 11.8. The Bertz CT molecular complexity index is 2160. The van der Waals surface area contributed by atoms with Gasteiger partial charge in [-0.25, -0.2) is 18.7 Å². The van der Waals surface area contributed by atoms with Gasteiger partial charge in [0.15, 0.2) is 23.1 Å². The van der Waals surface area contributed by atoms with Gasteiger partial charge in [-0.1, -0.05) is 24.3 Å². The zero-order chi connectivity index (χ0) is 34.6. The third-order valence-electron chi connectivity index (χ3n) is 8.33. The van der Waals surface area contributed by atoms with Crippen molar-refractivity contribution >= 4 is 34.2 Å². The number of anilines is 1. The number of amides is 2. The Labute approximate surface area is 275 Å². The lowest BCUT2D eigenvalue weighted by molar-refractivity contribution is -0.286. The molecule has 250 valence electrons. The smallest absolute Gasteiger partial charge is 0.395 e. The zero-order valence-corrected chi connectivity index (χ0v) is 25.9. The Hall–Kier alpha value is -5.86. The molecule has 4 heterocycles. The predicted molar refractivity (Wildman–Crippen MR) is 167 cm³/mol. The van der Waals surface area contributed by atoms with Crippen molar-refractivity contribution in [1.29, 1.82) is 0 Å². The fraction of sp³-hybridized carbons (Fsp3) is 0.235. The Morgan fingerprint density at radius 2 is 1.71 bits per heavy atom. The van der Waals surface area contributed by atoms with Crippen LogP contribution in [0.1, 0.15) is 29.7 Å². The fourth-order valence-corrected chi connectivity index (χ4v) is 5.99. The number of fused-ring (bicyclic) bond motifs is 2. The third kappa shape index (κ3) is 6.03. The number of likely N-dealkylation sites (tertiary alicyclic amines) is 1. The molecule has 2 amide bonds. The number of nitrogens with zero attached hydrogens (tertiary/aromatic N) is 5. The molecule has 0 aliphatic carbocycles. The molecule has 11 nitrogen and oxygen atoms in total. The quantitative estimate of drug-likeness (QED) is 0.172. The second-order valence-corrected chi connectivity index (χ2v) is 11.7. The van der Waals surface area contributed by atoms with Crippen molar-refractivity contribution in [3.63, 3.8) is 0 Å². The molecule has 2 aliphatic heterocycles. The van der Waals surface area contributed by atoms with E-state index in [0.29, 0.717) is 22.3 Å². The summed E-state index contributed by atoms with van der Waals surface area (Å²) in [6.07, 6.45) is -2.39. The van der Waals surface area contributed by atoms with E-state index in [0.717, 1.165) is 10.5 Å². The first-order chi connectivity index (χ1) is 23.4. The first-order valence-corrected chi connectivity index (χ1v) is 15.1. The molecule has 49 heavy (non-hydrogen) atoms. The largest absolute Gasteiger partial charge is 0.586 e. The highest BCUT2D eigenvalue weighted by molar-refractivity contribution is 6.06. The van der Waals surface area contributed by atoms with Gasteiger partial charge < -0.3 is 19.7 Å². The number of halogens is 4. The van der Waals surface area contributed by atoms with Gasteiger partial charge in [0.05, 0.1) is 17.7 Å². The number of aryl methyl sites for hydroxylation is 1. The van der Waals surface area contributed by atoms with E-state index in [-0.39, 0.29) is 52.8 Å². The van der Waals surface area contributed by atoms with Crippen LogP contribution in [0.4, 0.5) is 23.2 Å². The summed E-state index contributed by atoms with van der Waals surface area (Å²) in [7, 11) is 0. The van der Waals surface area contributed by atoms with E-state index in [1.165, 1.54) is 48.0 Å². The monoisotopic (exact) mass is 674 g/mol. The Morgan fingerprint density at radius 1 is 0.980 bits per heavy atom. The van der Waals surface area contributed by atoms with Gasteiger partial charge in [-0.05, 0) is 48.4 Å². The van der Waals surface area contributed by atoms with Crippen LogP contribution in [0.5, 0.6) is 11.5 Å². The molecule has 0 unspecified atom stereocenters. The number of hydrogen-bond donors (Lipinski definition) is 1. The van der Waals surface area contributed by atoms with Gasteiger partial charge in [0.2, 0.25) is 11.8 Å². The van der Waals surface area contributed by atoms with Crippen LogP contribution in [0.15, 0.2) is 67.0 Å². The molecule has 0 spiro atoms. The summed E-state index contributed by atoms with van der Waals surface area (Å²) in [5.41, 5.74) is 1.92. The van der Waals surface area contributed by atoms with Crippen LogP contribution >= 0.6 is 0 Å². The zero-order valence-electron chi connectivity index (χ0n) is 25.9. The lowest BCUT2D eigenvalue weighted by Gasteiger charge is -2.24. The fourth-order valence-electron chi connectivity index (χ4n) is 5.99. The standard InChI is InChI=1S/C34H26F4N6O5/c1-17(45)32-24-10-19(21-13-39-18(2)40-14-21)6-8-26(24)44(42-32)16-30(46)43-15-22(35)12-27(43)33(47)41-25-5-3-4-23(31(25)36)20-7-9-28-29(11-20)49-34(37,38)48-28/h3-11,13-14,22,27H,12,15-16H2,1-2H3,(H,41,47)/t22-,27+/m1/s1. The number of Topliss-reactive ketones (excluding diaryl/α,β-unsaturated/α-hetero) is 1. The van der Waals surface area contributed by atoms with Crippen molar-refractivity contribution < 1.29 is 41.4 Å². The first kappa shape index (κ1) is 31.7. The molecule has 15 heteroatoms. The number of carbonyl (C=O) groups excluding carboxylic acids is 3. The van der Waals surface area contributed by atoms with Gasteiger partial charge in [-0.15, -0.1) is 8.78 Å². The maximum absolute atomic E-state index is 15.7. The Morgan fingerprint density at radius 3 is 2.47 bits per heavy atom. The first-order valence-electron chi connectivity index (χ1n) is 15.1. The van der Waals surface area contributed by atoms with E-state index >= 15 is 4.39 Å². The Kier molecular flexibility index (Phi) is 7.76. The SMILES string of the molecule is CC(=O)c1nn(CC(=O)N2C[C@H](F)C[C@H]2C(=O)Nc2cccc(-c3ccc4c(c3)OC(F)(F)O4)c2F)c2ccc(-c3cnc(C)nc3)cc12. The molecular formula is C34H26F4N6O5. The van der Waals surface area contributed by atoms with Crippen molar-refractivity contribution in [2.75, 3.05) is 11.9 Å². The number of ether oxygens (including phenoxy) is 2. The van der Waals surface area contributed by atoms with Gasteiger partial charge in [0.1, 0.15) is 30.3 Å². The minimum Gasteiger partial charge on any atom is -0.395 e. The molecule has 0 saturated carbocycles. The van der Waals surface area contributed by atoms with E-state index in [9.17, 15) is 27.6 Å². The minimum atomic E-state index is -3.85. The molecule has 3 aromatic carbocycles. The molecule has 0 bridgehead atoms. The van der Waals surface area contributed by atoms with Gasteiger partial charge in [0, 0.05) is 42.3 Å². The Balaban J connectivity index is 1.11. The van der Waals surface area contributed by atoms with Crippen LogP contribution in [-0.4, -0.2) is 67.3 Å². The summed E-state index contributed by atoms with van der Waals surface area (Å²) in [5.74, 6) is -2.58. The van der Waals surface area contributed by atoms with Crippen molar-refractivity contribution in [3.05, 3.63) is 84.3 Å². The van der Waals surface area contributed by atoms with Gasteiger partial charge >= 0.3 is 6.29 Å². The van der Waals surface area contributed by atoms with Gasteiger partial charge in [0.25, 0.3) is 0 Å². The van der Waals surface area contributed by atoms with E-state index < -0.39 is 42.7 Å². The number of benzene rings is 3. The number of aromatic nitrogens is 4. The molecule has 2 aromatic heterocycles. The third-order valence-corrected chi connectivity index (χ3v) is 8.33. The van der Waals surface area contributed by atoms with Crippen LogP contribution in [0, 0.1) is 12.7 Å². The normalized spacial score (nSPS) is 17.8. The number of hydrogen-bond acceptors (Lipinski definition) is 8. The van der Waals surface area contributed by atoms with E-state index in [4.69, 9.17) is 0 Å². The van der Waals surface area contributed by atoms with Crippen molar-refractivity contribution in [2.45, 2.75) is 45.3 Å². The lowest BCUT2D eigenvalue weighted by atomic mass is 10.0. The molecule has 1 fully saturated rings. The lowest BCUT2D eigenvalue weighted by Crippen LogP contribution is -2.44. The van der Waals surface area contributed by atoms with E-state index in [1.54, 1.807) is 37.5 Å². The average molecular weight is 675 g/mol. The summed E-state index contributed by atoms with van der Waals surface area (Å²) in [5, 5.41) is 7.30. The molecule has 2 atom stereocenters. The van der Waals surface area contributed by atoms with Crippen molar-refractivity contribution in [2.24, 2.45) is 0 Å². The number of carbonyl (C=O) groups is 3. The second kappa shape index (κ2) is 12.0. The molecule has 2 aliphatic rings. The van der Waals surface area contributed by atoms with Gasteiger partial charge in [-0.2, -0.15) is 5.10 Å². The van der Waals surface area contributed by atoms with Crippen LogP contribution in [0.25, 0.3) is 33.2 Å². The number of rotatable bonds is 7. The van der Waals surface area contributed by atoms with Crippen LogP contribution in [-0.2, 0) is 16.1 Å². The maximum atomic E-state index is 15.7. The van der Waals surface area contributed by atoms with Crippen molar-refractivity contribution in [1.82, 2.24) is 24.6 Å². The molecule has 1 N–H and O–H groups in total. The summed E-state index contributed by atoms with van der Waals surface area (Å²) >= 11 is 0. The molecular weight excluding hydrogens is 648 g/mol. The average Bonchev–Trinajstić information content (AvgIpc) is 3.73. The topological polar surface area (TPSA) is 129 Å². The molecule has 5 aromatic rings. The van der Waals surface area contributed by atoms with Crippen LogP contribution in [0.3, 0.4) is 0 Å². The highest BCUT2D eigenvalue weighted by Gasteiger charge is 2.44. The van der Waals surface area contributed by atoms with E-state index in [1.807, 2.05) is 0 Å². The van der Waals surface area contributed by atoms with Gasteiger partial charge in [-0.3, -0.25) is 19.1 Å². The molecule has 7 rings (SSSR count).